The Morgan fingerprint density at radius 2 is 2.06 bits per heavy atom. The zero-order valence-corrected chi connectivity index (χ0v) is 11.4. The molecule has 0 aromatic carbocycles. The van der Waals surface area contributed by atoms with E-state index in [0.717, 1.165) is 0 Å². The lowest BCUT2D eigenvalue weighted by Crippen LogP contribution is -2.17. The molecule has 0 saturated carbocycles. The molecule has 0 saturated heterocycles. The lowest BCUT2D eigenvalue weighted by atomic mass is 10.7. The average molecular weight is 266 g/mol. The van der Waals surface area contributed by atoms with E-state index in [0.29, 0.717) is 23.0 Å². The highest BCUT2D eigenvalue weighted by Crippen LogP contribution is 2.12. The predicted molar refractivity (Wildman–Crippen MR) is 70.4 cm³/mol. The number of thioether (sulfide) groups is 1. The van der Waals surface area contributed by atoms with E-state index in [2.05, 4.69) is 30.4 Å². The van der Waals surface area contributed by atoms with Crippen LogP contribution in [0.15, 0.2) is 11.5 Å². The molecule has 1 N–H and O–H groups in total. The number of rotatable bonds is 4. The maximum absolute atomic E-state index is 4.31. The van der Waals surface area contributed by atoms with Crippen LogP contribution in [0.4, 0.5) is 11.9 Å². The van der Waals surface area contributed by atoms with E-state index in [1.54, 1.807) is 18.3 Å². The van der Waals surface area contributed by atoms with Gasteiger partial charge in [-0.25, -0.2) is 4.98 Å². The summed E-state index contributed by atoms with van der Waals surface area (Å²) in [6.45, 7) is 0. The molecule has 2 heterocycles. The maximum atomic E-state index is 4.31. The van der Waals surface area contributed by atoms with E-state index in [-0.39, 0.29) is 0 Å². The van der Waals surface area contributed by atoms with Gasteiger partial charge in [0.15, 0.2) is 0 Å². The molecule has 8 nitrogen and oxygen atoms in total. The van der Waals surface area contributed by atoms with Crippen LogP contribution in [0.3, 0.4) is 0 Å². The molecule has 0 spiro atoms. The standard InChI is InChI=1S/C9H14N8S/c1-10-6-12-7(16(2)3)14-8(13-6)17-5-11-9(15-17)18-4/h5H,1-4H3,(H,10,12,13,14). The van der Waals surface area contributed by atoms with Crippen LogP contribution in [0, 0.1) is 0 Å². The molecule has 9 heteroatoms. The Balaban J connectivity index is 2.45. The fourth-order valence-corrected chi connectivity index (χ4v) is 1.53. The van der Waals surface area contributed by atoms with Gasteiger partial charge in [0.2, 0.25) is 17.1 Å². The van der Waals surface area contributed by atoms with Gasteiger partial charge in [-0.15, -0.1) is 5.10 Å². The number of nitrogens with zero attached hydrogens (tertiary/aromatic N) is 7. The van der Waals surface area contributed by atoms with Gasteiger partial charge in [0.05, 0.1) is 0 Å². The molecule has 0 radical (unpaired) electrons. The Labute approximate surface area is 109 Å². The molecular formula is C9H14N8S. The second-order valence-corrected chi connectivity index (χ2v) is 4.35. The fourth-order valence-electron chi connectivity index (χ4n) is 1.21. The summed E-state index contributed by atoms with van der Waals surface area (Å²) in [6, 6.07) is 0. The Hall–Kier alpha value is -1.90. The van der Waals surface area contributed by atoms with Gasteiger partial charge in [-0.05, 0) is 6.26 Å². The van der Waals surface area contributed by atoms with Gasteiger partial charge >= 0.3 is 0 Å². The van der Waals surface area contributed by atoms with Crippen LogP contribution in [0.1, 0.15) is 0 Å². The highest BCUT2D eigenvalue weighted by molar-refractivity contribution is 7.98. The first-order valence-electron chi connectivity index (χ1n) is 5.21. The van der Waals surface area contributed by atoms with Gasteiger partial charge in [-0.3, -0.25) is 0 Å². The zero-order chi connectivity index (χ0) is 13.1. The average Bonchev–Trinajstić information content (AvgIpc) is 2.86. The number of anilines is 2. The van der Waals surface area contributed by atoms with Gasteiger partial charge in [0.1, 0.15) is 6.33 Å². The summed E-state index contributed by atoms with van der Waals surface area (Å²) in [6.07, 6.45) is 3.50. The summed E-state index contributed by atoms with van der Waals surface area (Å²) in [5.41, 5.74) is 0. The van der Waals surface area contributed by atoms with Crippen molar-refractivity contribution in [1.29, 1.82) is 0 Å². The first-order chi connectivity index (χ1) is 8.63. The van der Waals surface area contributed by atoms with Crippen molar-refractivity contribution in [3.8, 4) is 5.95 Å². The minimum atomic E-state index is 0.436. The smallest absolute Gasteiger partial charge is 0.258 e. The van der Waals surface area contributed by atoms with Crippen molar-refractivity contribution in [1.82, 2.24) is 29.7 Å². The van der Waals surface area contributed by atoms with Gasteiger partial charge in [0.25, 0.3) is 5.95 Å². The van der Waals surface area contributed by atoms with E-state index >= 15 is 0 Å². The zero-order valence-electron chi connectivity index (χ0n) is 10.6. The van der Waals surface area contributed by atoms with Crippen LogP contribution in [0.5, 0.6) is 0 Å². The van der Waals surface area contributed by atoms with Crippen molar-refractivity contribution in [2.75, 3.05) is 37.6 Å². The molecule has 0 aliphatic carbocycles. The van der Waals surface area contributed by atoms with Gasteiger partial charge in [-0.1, -0.05) is 11.8 Å². The summed E-state index contributed by atoms with van der Waals surface area (Å²) >= 11 is 1.46. The second-order valence-electron chi connectivity index (χ2n) is 3.58. The molecule has 2 aromatic rings. The predicted octanol–water partition coefficient (Wildman–Crippen LogP) is 0.282. The highest BCUT2D eigenvalue weighted by Gasteiger charge is 2.10. The van der Waals surface area contributed by atoms with Crippen molar-refractivity contribution in [2.24, 2.45) is 0 Å². The summed E-state index contributed by atoms with van der Waals surface area (Å²) in [7, 11) is 5.49. The summed E-state index contributed by atoms with van der Waals surface area (Å²) in [4.78, 5) is 18.7. The number of hydrogen-bond donors (Lipinski definition) is 1. The number of nitrogens with one attached hydrogen (secondary N) is 1. The molecule has 0 aliphatic heterocycles. The lowest BCUT2D eigenvalue weighted by Gasteiger charge is -2.11. The molecule has 0 bridgehead atoms. The highest BCUT2D eigenvalue weighted by atomic mass is 32.2. The maximum Gasteiger partial charge on any atom is 0.258 e. The van der Waals surface area contributed by atoms with E-state index < -0.39 is 0 Å². The second kappa shape index (κ2) is 5.17. The third kappa shape index (κ3) is 2.50. The largest absolute Gasteiger partial charge is 0.357 e. The minimum Gasteiger partial charge on any atom is -0.357 e. The Bertz CT molecular complexity index is 537. The summed E-state index contributed by atoms with van der Waals surface area (Å²) in [5, 5.41) is 7.82. The quantitative estimate of drug-likeness (QED) is 0.790. The van der Waals surface area contributed by atoms with E-state index in [1.165, 1.54) is 16.4 Å². The minimum absolute atomic E-state index is 0.436. The molecule has 0 atom stereocenters. The van der Waals surface area contributed by atoms with Crippen molar-refractivity contribution < 1.29 is 0 Å². The van der Waals surface area contributed by atoms with E-state index in [4.69, 9.17) is 0 Å². The Morgan fingerprint density at radius 3 is 2.61 bits per heavy atom. The number of aromatic nitrogens is 6. The van der Waals surface area contributed by atoms with Crippen LogP contribution in [0.25, 0.3) is 5.95 Å². The van der Waals surface area contributed by atoms with Gasteiger partial charge in [-0.2, -0.15) is 19.6 Å². The van der Waals surface area contributed by atoms with Crippen LogP contribution >= 0.6 is 11.8 Å². The molecule has 2 aromatic heterocycles. The fraction of sp³-hybridized carbons (Fsp3) is 0.444. The van der Waals surface area contributed by atoms with E-state index in [9.17, 15) is 0 Å². The topological polar surface area (TPSA) is 84.7 Å². The monoisotopic (exact) mass is 266 g/mol. The molecule has 0 unspecified atom stereocenters. The van der Waals surface area contributed by atoms with Crippen molar-refractivity contribution >= 4 is 23.7 Å². The summed E-state index contributed by atoms with van der Waals surface area (Å²) < 4.78 is 1.53. The third-order valence-corrected chi connectivity index (χ3v) is 2.65. The molecule has 0 fully saturated rings. The van der Waals surface area contributed by atoms with Crippen LogP contribution in [-0.2, 0) is 0 Å². The Kier molecular flexibility index (Phi) is 3.60. The first-order valence-corrected chi connectivity index (χ1v) is 6.43. The molecule has 0 aliphatic rings. The molecule has 96 valence electrons. The van der Waals surface area contributed by atoms with E-state index in [1.807, 2.05) is 20.4 Å². The van der Waals surface area contributed by atoms with Crippen molar-refractivity contribution in [3.63, 3.8) is 0 Å². The van der Waals surface area contributed by atoms with Crippen molar-refractivity contribution in [2.45, 2.75) is 5.16 Å². The third-order valence-electron chi connectivity index (χ3n) is 2.09. The van der Waals surface area contributed by atoms with Crippen LogP contribution in [0.2, 0.25) is 0 Å². The van der Waals surface area contributed by atoms with Gasteiger partial charge < -0.3 is 10.2 Å². The van der Waals surface area contributed by atoms with Crippen molar-refractivity contribution in [3.05, 3.63) is 6.33 Å². The normalized spacial score (nSPS) is 10.4. The molecule has 2 rings (SSSR count). The SMILES string of the molecule is CNc1nc(N(C)C)nc(-n2cnc(SC)n2)n1. The lowest BCUT2D eigenvalue weighted by molar-refractivity contribution is 0.766. The first kappa shape index (κ1) is 12.6. The Morgan fingerprint density at radius 1 is 1.28 bits per heavy atom. The number of hydrogen-bond acceptors (Lipinski definition) is 8. The van der Waals surface area contributed by atoms with Gasteiger partial charge in [0, 0.05) is 21.1 Å². The molecule has 18 heavy (non-hydrogen) atoms. The molecule has 0 amide bonds. The summed E-state index contributed by atoms with van der Waals surface area (Å²) in [5.74, 6) is 1.49. The van der Waals surface area contributed by atoms with Crippen LogP contribution < -0.4 is 10.2 Å². The molecular weight excluding hydrogens is 252 g/mol. The van der Waals surface area contributed by atoms with Crippen LogP contribution in [-0.4, -0.2) is 57.1 Å².